The second-order valence-electron chi connectivity index (χ2n) is 4.06. The first kappa shape index (κ1) is 14.3. The Bertz CT molecular complexity index is 401. The molecule has 1 aromatic rings. The molecule has 17 heavy (non-hydrogen) atoms. The third kappa shape index (κ3) is 2.90. The van der Waals surface area contributed by atoms with Crippen molar-refractivity contribution in [3.8, 4) is 0 Å². The van der Waals surface area contributed by atoms with Gasteiger partial charge in [-0.05, 0) is 30.9 Å². The molecule has 0 heterocycles. The highest BCUT2D eigenvalue weighted by molar-refractivity contribution is 5.85. The summed E-state index contributed by atoms with van der Waals surface area (Å²) in [6.07, 6.45) is -3.01. The van der Waals surface area contributed by atoms with Crippen LogP contribution in [0.1, 0.15) is 30.0 Å². The maximum atomic E-state index is 13.4. The standard InChI is InChI=1S/C11H11F4N.ClH/c12-8-3-1-2-7(11(13,14)15)9(8)10(16)6-4-5-6;/h1-3,6,10H,4-5,16H2;1H/t10-;/m1./s1. The second-order valence-corrected chi connectivity index (χ2v) is 4.06. The van der Waals surface area contributed by atoms with Crippen molar-refractivity contribution in [1.82, 2.24) is 0 Å². The zero-order chi connectivity index (χ0) is 11.9. The molecule has 0 amide bonds. The largest absolute Gasteiger partial charge is 0.416 e. The van der Waals surface area contributed by atoms with Gasteiger partial charge in [0.15, 0.2) is 0 Å². The molecule has 1 atom stereocenters. The van der Waals surface area contributed by atoms with E-state index in [1.54, 1.807) is 0 Å². The van der Waals surface area contributed by atoms with Crippen molar-refractivity contribution >= 4 is 12.4 Å². The van der Waals surface area contributed by atoms with Crippen LogP contribution in [0.15, 0.2) is 18.2 Å². The Kier molecular flexibility index (Phi) is 4.04. The summed E-state index contributed by atoms with van der Waals surface area (Å²) in [5.74, 6) is -0.882. The minimum atomic E-state index is -4.55. The number of hydrogen-bond acceptors (Lipinski definition) is 1. The van der Waals surface area contributed by atoms with Crippen molar-refractivity contribution in [1.29, 1.82) is 0 Å². The van der Waals surface area contributed by atoms with Crippen LogP contribution in [0.2, 0.25) is 0 Å². The number of rotatable bonds is 2. The third-order valence-corrected chi connectivity index (χ3v) is 2.82. The van der Waals surface area contributed by atoms with Crippen molar-refractivity contribution in [2.45, 2.75) is 25.1 Å². The van der Waals surface area contributed by atoms with Gasteiger partial charge in [0, 0.05) is 11.6 Å². The summed E-state index contributed by atoms with van der Waals surface area (Å²) in [5, 5.41) is 0. The Balaban J connectivity index is 0.00000144. The highest BCUT2D eigenvalue weighted by Crippen LogP contribution is 2.44. The van der Waals surface area contributed by atoms with E-state index in [1.165, 1.54) is 0 Å². The van der Waals surface area contributed by atoms with Crippen molar-refractivity contribution in [2.75, 3.05) is 0 Å². The summed E-state index contributed by atoms with van der Waals surface area (Å²) >= 11 is 0. The lowest BCUT2D eigenvalue weighted by Gasteiger charge is -2.18. The third-order valence-electron chi connectivity index (χ3n) is 2.82. The van der Waals surface area contributed by atoms with E-state index in [-0.39, 0.29) is 18.3 Å². The molecule has 0 radical (unpaired) electrons. The summed E-state index contributed by atoms with van der Waals surface area (Å²) in [6, 6.07) is 2.10. The number of halogens is 5. The SMILES string of the molecule is Cl.N[C@@H](c1c(F)cccc1C(F)(F)F)C1CC1. The van der Waals surface area contributed by atoms with Gasteiger partial charge in [0.05, 0.1) is 5.56 Å². The van der Waals surface area contributed by atoms with Crippen molar-refractivity contribution < 1.29 is 17.6 Å². The van der Waals surface area contributed by atoms with Gasteiger partial charge in [0.1, 0.15) is 5.82 Å². The molecule has 0 unspecified atom stereocenters. The molecule has 0 bridgehead atoms. The molecule has 2 N–H and O–H groups in total. The van der Waals surface area contributed by atoms with Gasteiger partial charge in [0.2, 0.25) is 0 Å². The molecule has 1 fully saturated rings. The molecule has 0 aliphatic heterocycles. The summed E-state index contributed by atoms with van der Waals surface area (Å²) in [6.45, 7) is 0. The predicted molar refractivity (Wildman–Crippen MR) is 58.3 cm³/mol. The van der Waals surface area contributed by atoms with E-state index >= 15 is 0 Å². The van der Waals surface area contributed by atoms with Crippen LogP contribution >= 0.6 is 12.4 Å². The fourth-order valence-electron chi connectivity index (χ4n) is 1.81. The van der Waals surface area contributed by atoms with Crippen molar-refractivity contribution in [2.24, 2.45) is 11.7 Å². The number of hydrogen-bond donors (Lipinski definition) is 1. The van der Waals surface area contributed by atoms with E-state index in [9.17, 15) is 17.6 Å². The van der Waals surface area contributed by atoms with Gasteiger partial charge in [0.25, 0.3) is 0 Å². The average Bonchev–Trinajstić information content (AvgIpc) is 2.98. The van der Waals surface area contributed by atoms with Crippen LogP contribution in [0, 0.1) is 11.7 Å². The van der Waals surface area contributed by atoms with E-state index < -0.39 is 29.2 Å². The molecule has 1 aromatic carbocycles. The van der Waals surface area contributed by atoms with Gasteiger partial charge in [-0.3, -0.25) is 0 Å². The Morgan fingerprint density at radius 3 is 2.29 bits per heavy atom. The molecule has 1 nitrogen and oxygen atoms in total. The van der Waals surface area contributed by atoms with Crippen molar-refractivity contribution in [3.05, 3.63) is 35.1 Å². The van der Waals surface area contributed by atoms with Gasteiger partial charge in [-0.2, -0.15) is 13.2 Å². The topological polar surface area (TPSA) is 26.0 Å². The summed E-state index contributed by atoms with van der Waals surface area (Å²) < 4.78 is 51.4. The lowest BCUT2D eigenvalue weighted by Crippen LogP contribution is -2.20. The molecule has 0 aromatic heterocycles. The summed E-state index contributed by atoms with van der Waals surface area (Å²) in [7, 11) is 0. The maximum Gasteiger partial charge on any atom is 0.416 e. The van der Waals surface area contributed by atoms with Crippen LogP contribution in [0.4, 0.5) is 17.6 Å². The number of benzene rings is 1. The van der Waals surface area contributed by atoms with Crippen LogP contribution in [0.5, 0.6) is 0 Å². The van der Waals surface area contributed by atoms with E-state index in [0.29, 0.717) is 0 Å². The maximum absolute atomic E-state index is 13.4. The zero-order valence-electron chi connectivity index (χ0n) is 8.80. The predicted octanol–water partition coefficient (Wildman–Crippen LogP) is 3.68. The van der Waals surface area contributed by atoms with E-state index in [4.69, 9.17) is 5.73 Å². The smallest absolute Gasteiger partial charge is 0.324 e. The van der Waals surface area contributed by atoms with Crippen LogP contribution in [0.3, 0.4) is 0 Å². The summed E-state index contributed by atoms with van der Waals surface area (Å²) in [5.41, 5.74) is 4.32. The normalized spacial score (nSPS) is 17.5. The molecule has 1 aliphatic carbocycles. The Labute approximate surface area is 102 Å². The van der Waals surface area contributed by atoms with Crippen LogP contribution in [-0.2, 0) is 6.18 Å². The van der Waals surface area contributed by atoms with Crippen LogP contribution in [0.25, 0.3) is 0 Å². The number of alkyl halides is 3. The second kappa shape index (κ2) is 4.82. The quantitative estimate of drug-likeness (QED) is 0.815. The monoisotopic (exact) mass is 269 g/mol. The molecule has 2 rings (SSSR count). The van der Waals surface area contributed by atoms with Gasteiger partial charge >= 0.3 is 6.18 Å². The van der Waals surface area contributed by atoms with E-state index in [1.807, 2.05) is 0 Å². The minimum Gasteiger partial charge on any atom is -0.324 e. The minimum absolute atomic E-state index is 0. The Morgan fingerprint density at radius 2 is 1.82 bits per heavy atom. The molecule has 0 spiro atoms. The first-order valence-electron chi connectivity index (χ1n) is 5.02. The van der Waals surface area contributed by atoms with Crippen LogP contribution in [-0.4, -0.2) is 0 Å². The number of nitrogens with two attached hydrogens (primary N) is 1. The highest BCUT2D eigenvalue weighted by atomic mass is 35.5. The van der Waals surface area contributed by atoms with Gasteiger partial charge in [-0.15, -0.1) is 12.4 Å². The highest BCUT2D eigenvalue weighted by Gasteiger charge is 2.40. The Hall–Kier alpha value is -0.810. The molecule has 0 saturated heterocycles. The van der Waals surface area contributed by atoms with Gasteiger partial charge < -0.3 is 5.73 Å². The molecule has 1 aliphatic rings. The lowest BCUT2D eigenvalue weighted by atomic mass is 9.96. The molecule has 96 valence electrons. The first-order valence-corrected chi connectivity index (χ1v) is 5.02. The fourth-order valence-corrected chi connectivity index (χ4v) is 1.81. The first-order chi connectivity index (χ1) is 7.41. The summed E-state index contributed by atoms with van der Waals surface area (Å²) in [4.78, 5) is 0. The molecule has 1 saturated carbocycles. The Morgan fingerprint density at radius 1 is 1.24 bits per heavy atom. The zero-order valence-corrected chi connectivity index (χ0v) is 9.61. The molecule has 6 heteroatoms. The molecular formula is C11H12ClF4N. The van der Waals surface area contributed by atoms with Crippen molar-refractivity contribution in [3.63, 3.8) is 0 Å². The van der Waals surface area contributed by atoms with Gasteiger partial charge in [-0.25, -0.2) is 4.39 Å². The van der Waals surface area contributed by atoms with Crippen LogP contribution < -0.4 is 5.73 Å². The van der Waals surface area contributed by atoms with E-state index in [2.05, 4.69) is 0 Å². The van der Waals surface area contributed by atoms with Gasteiger partial charge in [-0.1, -0.05) is 6.07 Å². The molecular weight excluding hydrogens is 258 g/mol. The fraction of sp³-hybridized carbons (Fsp3) is 0.455. The van der Waals surface area contributed by atoms with E-state index in [0.717, 1.165) is 31.0 Å². The lowest BCUT2D eigenvalue weighted by molar-refractivity contribution is -0.138. The average molecular weight is 270 g/mol.